The van der Waals surface area contributed by atoms with E-state index in [9.17, 15) is 4.79 Å². The molecule has 0 aliphatic carbocycles. The predicted octanol–water partition coefficient (Wildman–Crippen LogP) is 2.65. The third kappa shape index (κ3) is 2.03. The quantitative estimate of drug-likeness (QED) is 0.806. The summed E-state index contributed by atoms with van der Waals surface area (Å²) < 4.78 is 0. The van der Waals surface area contributed by atoms with E-state index in [4.69, 9.17) is 0 Å². The molecule has 1 amide bonds. The van der Waals surface area contributed by atoms with Gasteiger partial charge in [-0.25, -0.2) is 5.01 Å². The van der Waals surface area contributed by atoms with Gasteiger partial charge in [-0.05, 0) is 11.1 Å². The first-order valence-electron chi connectivity index (χ1n) is 6.24. The van der Waals surface area contributed by atoms with Crippen LogP contribution in [0, 0.1) is 0 Å². The van der Waals surface area contributed by atoms with Gasteiger partial charge in [0.05, 0.1) is 5.71 Å². The lowest BCUT2D eigenvalue weighted by Gasteiger charge is -2.11. The highest BCUT2D eigenvalue weighted by Gasteiger charge is 2.35. The number of likely N-dealkylation sites (N-methyl/N-ethyl adjacent to an activating group) is 1. The molecule has 3 nitrogen and oxygen atoms in total. The second-order valence-electron chi connectivity index (χ2n) is 4.56. The maximum absolute atomic E-state index is 12.3. The Morgan fingerprint density at radius 1 is 0.947 bits per heavy atom. The lowest BCUT2D eigenvalue weighted by atomic mass is 9.90. The van der Waals surface area contributed by atoms with Crippen LogP contribution in [0.5, 0.6) is 0 Å². The van der Waals surface area contributed by atoms with Gasteiger partial charge in [0.2, 0.25) is 0 Å². The van der Waals surface area contributed by atoms with Crippen LogP contribution in [-0.2, 0) is 4.79 Å². The van der Waals surface area contributed by atoms with Crippen LogP contribution in [0.1, 0.15) is 17.0 Å². The second-order valence-corrected chi connectivity index (χ2v) is 4.56. The number of nitrogens with zero attached hydrogens (tertiary/aromatic N) is 2. The Morgan fingerprint density at radius 2 is 1.53 bits per heavy atom. The van der Waals surface area contributed by atoms with Crippen molar-refractivity contribution in [3.8, 4) is 0 Å². The summed E-state index contributed by atoms with van der Waals surface area (Å²) >= 11 is 0. The van der Waals surface area contributed by atoms with E-state index in [0.29, 0.717) is 0 Å². The average Bonchev–Trinajstić information content (AvgIpc) is 2.77. The van der Waals surface area contributed by atoms with Crippen LogP contribution in [0.2, 0.25) is 0 Å². The van der Waals surface area contributed by atoms with Crippen molar-refractivity contribution in [1.29, 1.82) is 0 Å². The fourth-order valence-corrected chi connectivity index (χ4v) is 2.35. The summed E-state index contributed by atoms with van der Waals surface area (Å²) in [7, 11) is 1.70. The van der Waals surface area contributed by atoms with Crippen molar-refractivity contribution >= 4 is 11.6 Å². The minimum atomic E-state index is -0.298. The molecule has 1 heterocycles. The van der Waals surface area contributed by atoms with E-state index in [1.807, 2.05) is 60.7 Å². The van der Waals surface area contributed by atoms with Crippen molar-refractivity contribution in [3.05, 3.63) is 71.8 Å². The van der Waals surface area contributed by atoms with E-state index in [1.54, 1.807) is 7.05 Å². The predicted molar refractivity (Wildman–Crippen MR) is 74.9 cm³/mol. The third-order valence-corrected chi connectivity index (χ3v) is 3.30. The van der Waals surface area contributed by atoms with Gasteiger partial charge < -0.3 is 0 Å². The lowest BCUT2D eigenvalue weighted by Crippen LogP contribution is -2.23. The van der Waals surface area contributed by atoms with Gasteiger partial charge in [0.15, 0.2) is 0 Å². The zero-order valence-corrected chi connectivity index (χ0v) is 10.7. The molecule has 0 saturated carbocycles. The van der Waals surface area contributed by atoms with Crippen LogP contribution >= 0.6 is 0 Å². The van der Waals surface area contributed by atoms with E-state index in [0.717, 1.165) is 16.8 Å². The molecule has 19 heavy (non-hydrogen) atoms. The Bertz CT molecular complexity index is 620. The number of rotatable bonds is 2. The molecule has 3 rings (SSSR count). The maximum atomic E-state index is 12.3. The summed E-state index contributed by atoms with van der Waals surface area (Å²) in [6.07, 6.45) is 0. The number of carbonyl (C=O) groups excluding carboxylic acids is 1. The van der Waals surface area contributed by atoms with Crippen molar-refractivity contribution in [3.63, 3.8) is 0 Å². The smallest absolute Gasteiger partial charge is 0.256 e. The number of carbonyl (C=O) groups is 1. The molecule has 0 fully saturated rings. The maximum Gasteiger partial charge on any atom is 0.256 e. The Morgan fingerprint density at radius 3 is 2.16 bits per heavy atom. The number of benzene rings is 2. The molecule has 0 radical (unpaired) electrons. The van der Waals surface area contributed by atoms with Gasteiger partial charge >= 0.3 is 0 Å². The molecule has 1 aliphatic heterocycles. The molecule has 0 N–H and O–H groups in total. The minimum absolute atomic E-state index is 0.0186. The van der Waals surface area contributed by atoms with Crippen LogP contribution in [-0.4, -0.2) is 23.7 Å². The summed E-state index contributed by atoms with van der Waals surface area (Å²) in [6.45, 7) is 0. The normalized spacial score (nSPS) is 18.6. The lowest BCUT2D eigenvalue weighted by molar-refractivity contribution is -0.128. The summed E-state index contributed by atoms with van der Waals surface area (Å²) in [5.74, 6) is -0.279. The molecule has 0 saturated heterocycles. The highest BCUT2D eigenvalue weighted by atomic mass is 16.2. The van der Waals surface area contributed by atoms with E-state index in [2.05, 4.69) is 5.10 Å². The molecule has 3 heteroatoms. The van der Waals surface area contributed by atoms with E-state index >= 15 is 0 Å². The van der Waals surface area contributed by atoms with E-state index in [1.165, 1.54) is 5.01 Å². The van der Waals surface area contributed by atoms with Gasteiger partial charge in [-0.2, -0.15) is 5.10 Å². The molecule has 1 atom stereocenters. The van der Waals surface area contributed by atoms with Gasteiger partial charge in [-0.3, -0.25) is 4.79 Å². The summed E-state index contributed by atoms with van der Waals surface area (Å²) in [5, 5.41) is 5.83. The van der Waals surface area contributed by atoms with Crippen molar-refractivity contribution < 1.29 is 4.79 Å². The molecule has 1 unspecified atom stereocenters. The van der Waals surface area contributed by atoms with Gasteiger partial charge in [-0.1, -0.05) is 60.7 Å². The molecule has 2 aromatic rings. The number of hydrazone groups is 1. The zero-order chi connectivity index (χ0) is 13.2. The molecule has 0 spiro atoms. The number of amides is 1. The largest absolute Gasteiger partial charge is 0.272 e. The Kier molecular flexibility index (Phi) is 2.88. The molecule has 94 valence electrons. The minimum Gasteiger partial charge on any atom is -0.272 e. The first-order chi connectivity index (χ1) is 9.27. The molecule has 1 aliphatic rings. The zero-order valence-electron chi connectivity index (χ0n) is 10.7. The fraction of sp³-hybridized carbons (Fsp3) is 0.125. The summed E-state index contributed by atoms with van der Waals surface area (Å²) in [6, 6.07) is 19.6. The Balaban J connectivity index is 2.07. The monoisotopic (exact) mass is 250 g/mol. The summed E-state index contributed by atoms with van der Waals surface area (Å²) in [4.78, 5) is 12.3. The topological polar surface area (TPSA) is 32.7 Å². The van der Waals surface area contributed by atoms with E-state index < -0.39 is 0 Å². The van der Waals surface area contributed by atoms with Gasteiger partial charge in [0, 0.05) is 7.05 Å². The van der Waals surface area contributed by atoms with Crippen molar-refractivity contribution in [2.75, 3.05) is 7.05 Å². The molecule has 0 bridgehead atoms. The van der Waals surface area contributed by atoms with Crippen molar-refractivity contribution in [2.45, 2.75) is 5.92 Å². The van der Waals surface area contributed by atoms with Gasteiger partial charge in [-0.15, -0.1) is 0 Å². The highest BCUT2D eigenvalue weighted by Crippen LogP contribution is 2.28. The first-order valence-corrected chi connectivity index (χ1v) is 6.24. The highest BCUT2D eigenvalue weighted by molar-refractivity contribution is 6.19. The third-order valence-electron chi connectivity index (χ3n) is 3.30. The van der Waals surface area contributed by atoms with Crippen LogP contribution in [0.3, 0.4) is 0 Å². The first kappa shape index (κ1) is 11.7. The Hall–Kier alpha value is -2.42. The molecule has 0 aromatic heterocycles. The molecular formula is C16H14N2O. The molecular weight excluding hydrogens is 236 g/mol. The van der Waals surface area contributed by atoms with Crippen LogP contribution < -0.4 is 0 Å². The summed E-state index contributed by atoms with van der Waals surface area (Å²) in [5.41, 5.74) is 2.80. The van der Waals surface area contributed by atoms with Crippen molar-refractivity contribution in [1.82, 2.24) is 5.01 Å². The van der Waals surface area contributed by atoms with Crippen LogP contribution in [0.4, 0.5) is 0 Å². The van der Waals surface area contributed by atoms with Gasteiger partial charge in [0.1, 0.15) is 5.92 Å². The molecule has 2 aromatic carbocycles. The fourth-order valence-electron chi connectivity index (χ4n) is 2.35. The van der Waals surface area contributed by atoms with Crippen LogP contribution in [0.15, 0.2) is 65.8 Å². The standard InChI is InChI=1S/C16H14N2O/c1-18-16(19)14(12-8-4-2-5-9-12)15(17-18)13-10-6-3-7-11-13/h2-11,14H,1H3. The SMILES string of the molecule is CN1N=C(c2ccccc2)C(c2ccccc2)C1=O. The average molecular weight is 250 g/mol. The number of hydrogen-bond donors (Lipinski definition) is 0. The second kappa shape index (κ2) is 4.69. The Labute approximate surface area is 112 Å². The van der Waals surface area contributed by atoms with E-state index in [-0.39, 0.29) is 11.8 Å². The van der Waals surface area contributed by atoms with Gasteiger partial charge in [0.25, 0.3) is 5.91 Å². The number of hydrogen-bond acceptors (Lipinski definition) is 2. The van der Waals surface area contributed by atoms with Crippen LogP contribution in [0.25, 0.3) is 0 Å². The van der Waals surface area contributed by atoms with Crippen molar-refractivity contribution in [2.24, 2.45) is 5.10 Å².